The van der Waals surface area contributed by atoms with Crippen molar-refractivity contribution < 1.29 is 0 Å². The normalized spacial score (nSPS) is 10.3. The van der Waals surface area contributed by atoms with Gasteiger partial charge in [0.2, 0.25) is 0 Å². The van der Waals surface area contributed by atoms with Crippen LogP contribution >= 0.6 is 43.5 Å². The van der Waals surface area contributed by atoms with Crippen molar-refractivity contribution in [2.24, 2.45) is 0 Å². The monoisotopic (exact) mass is 340 g/mol. The number of hydrogen-bond acceptors (Lipinski definition) is 2. The first-order chi connectivity index (χ1) is 6.69. The first-order valence-corrected chi connectivity index (χ1v) is 6.43. The van der Waals surface area contributed by atoms with E-state index in [-0.39, 0.29) is 0 Å². The quantitative estimate of drug-likeness (QED) is 0.776. The zero-order chi connectivity index (χ0) is 10.6. The molecule has 0 spiro atoms. The summed E-state index contributed by atoms with van der Waals surface area (Å²) < 4.78 is 1.95. The summed E-state index contributed by atoms with van der Waals surface area (Å²) in [5, 5.41) is 0. The Morgan fingerprint density at radius 3 is 2.71 bits per heavy atom. The first kappa shape index (κ1) is 12.3. The third-order valence-electron chi connectivity index (χ3n) is 1.82. The Hall–Kier alpha value is 0.200. The Kier molecular flexibility index (Phi) is 5.20. The molecule has 0 radical (unpaired) electrons. The van der Waals surface area contributed by atoms with Crippen LogP contribution in [0.2, 0.25) is 0 Å². The highest BCUT2D eigenvalue weighted by Gasteiger charge is 2.09. The van der Waals surface area contributed by atoms with Crippen LogP contribution in [0.5, 0.6) is 0 Å². The van der Waals surface area contributed by atoms with Crippen molar-refractivity contribution in [1.29, 1.82) is 0 Å². The molecule has 0 aromatic carbocycles. The molecule has 2 nitrogen and oxygen atoms in total. The van der Waals surface area contributed by atoms with Crippen molar-refractivity contribution in [3.05, 3.63) is 21.2 Å². The van der Waals surface area contributed by atoms with E-state index in [0.717, 1.165) is 27.9 Å². The second-order valence-corrected chi connectivity index (χ2v) is 4.88. The van der Waals surface area contributed by atoms with Crippen molar-refractivity contribution >= 4 is 49.3 Å². The fourth-order valence-electron chi connectivity index (χ4n) is 1.16. The maximum atomic E-state index is 5.71. The van der Waals surface area contributed by atoms with Gasteiger partial charge in [-0.15, -0.1) is 11.6 Å². The number of halogens is 3. The van der Waals surface area contributed by atoms with Gasteiger partial charge in [-0.2, -0.15) is 0 Å². The van der Waals surface area contributed by atoms with Crippen molar-refractivity contribution in [2.45, 2.75) is 6.92 Å². The van der Waals surface area contributed by atoms with Crippen LogP contribution in [-0.4, -0.2) is 24.0 Å². The van der Waals surface area contributed by atoms with E-state index in [1.165, 1.54) is 0 Å². The van der Waals surface area contributed by atoms with Gasteiger partial charge in [0.15, 0.2) is 0 Å². The third kappa shape index (κ3) is 3.11. The Morgan fingerprint density at radius 1 is 1.50 bits per heavy atom. The largest absolute Gasteiger partial charge is 0.355 e. The van der Waals surface area contributed by atoms with E-state index in [4.69, 9.17) is 11.6 Å². The molecule has 0 aliphatic heterocycles. The summed E-state index contributed by atoms with van der Waals surface area (Å²) >= 11 is 12.6. The highest BCUT2D eigenvalue weighted by Crippen LogP contribution is 2.26. The van der Waals surface area contributed by atoms with Crippen LogP contribution in [0.3, 0.4) is 0 Å². The maximum absolute atomic E-state index is 5.71. The van der Waals surface area contributed by atoms with E-state index >= 15 is 0 Å². The molecule has 0 bridgehead atoms. The lowest BCUT2D eigenvalue weighted by atomic mass is 10.4. The molecule has 1 aromatic heterocycles. The molecule has 5 heteroatoms. The first-order valence-electron chi connectivity index (χ1n) is 4.31. The minimum atomic E-state index is 0.609. The average Bonchev–Trinajstić information content (AvgIpc) is 2.15. The minimum absolute atomic E-state index is 0.609. The number of anilines is 1. The molecule has 0 saturated carbocycles. The highest BCUT2D eigenvalue weighted by molar-refractivity contribution is 9.11. The number of pyridine rings is 1. The highest BCUT2D eigenvalue weighted by atomic mass is 79.9. The van der Waals surface area contributed by atoms with Gasteiger partial charge in [0, 0.05) is 29.6 Å². The van der Waals surface area contributed by atoms with Crippen molar-refractivity contribution in [3.8, 4) is 0 Å². The van der Waals surface area contributed by atoms with Crippen LogP contribution < -0.4 is 4.90 Å². The van der Waals surface area contributed by atoms with Gasteiger partial charge in [-0.05, 0) is 44.8 Å². The van der Waals surface area contributed by atoms with Crippen LogP contribution in [0.1, 0.15) is 6.92 Å². The standard InChI is InChI=1S/C9H11Br2ClN2/c1-2-14(4-3-12)9-8(11)5-7(10)6-13-9/h5-6H,2-4H2,1H3. The fraction of sp³-hybridized carbons (Fsp3) is 0.444. The number of nitrogens with zero attached hydrogens (tertiary/aromatic N) is 2. The Balaban J connectivity index is 2.92. The third-order valence-corrected chi connectivity index (χ3v) is 3.01. The lowest BCUT2D eigenvalue weighted by Crippen LogP contribution is -2.26. The van der Waals surface area contributed by atoms with Gasteiger partial charge < -0.3 is 4.90 Å². The van der Waals surface area contributed by atoms with E-state index in [9.17, 15) is 0 Å². The summed E-state index contributed by atoms with van der Waals surface area (Å²) in [5.74, 6) is 1.55. The SMILES string of the molecule is CCN(CCCl)c1ncc(Br)cc1Br. The topological polar surface area (TPSA) is 16.1 Å². The lowest BCUT2D eigenvalue weighted by molar-refractivity contribution is 0.846. The molecule has 1 heterocycles. The Bertz CT molecular complexity index is 307. The van der Waals surface area contributed by atoms with E-state index in [2.05, 4.69) is 48.7 Å². The molecule has 0 atom stereocenters. The summed E-state index contributed by atoms with van der Waals surface area (Å²) in [7, 11) is 0. The Morgan fingerprint density at radius 2 is 2.21 bits per heavy atom. The molecule has 14 heavy (non-hydrogen) atoms. The van der Waals surface area contributed by atoms with E-state index < -0.39 is 0 Å². The minimum Gasteiger partial charge on any atom is -0.355 e. The predicted molar refractivity (Wildman–Crippen MR) is 68.2 cm³/mol. The van der Waals surface area contributed by atoms with Crippen LogP contribution in [0, 0.1) is 0 Å². The number of aromatic nitrogens is 1. The summed E-state index contributed by atoms with van der Waals surface area (Å²) in [6.45, 7) is 3.80. The molecule has 0 unspecified atom stereocenters. The molecule has 78 valence electrons. The lowest BCUT2D eigenvalue weighted by Gasteiger charge is -2.21. The second-order valence-electron chi connectivity index (χ2n) is 2.73. The van der Waals surface area contributed by atoms with Crippen molar-refractivity contribution in [2.75, 3.05) is 23.9 Å². The molecular formula is C9H11Br2ClN2. The van der Waals surface area contributed by atoms with Gasteiger partial charge in [-0.1, -0.05) is 0 Å². The predicted octanol–water partition coefficient (Wildman–Crippen LogP) is 3.67. The van der Waals surface area contributed by atoms with Gasteiger partial charge in [0.1, 0.15) is 5.82 Å². The zero-order valence-corrected chi connectivity index (χ0v) is 11.7. The van der Waals surface area contributed by atoms with Gasteiger partial charge >= 0.3 is 0 Å². The van der Waals surface area contributed by atoms with Gasteiger partial charge in [-0.3, -0.25) is 0 Å². The van der Waals surface area contributed by atoms with Crippen molar-refractivity contribution in [1.82, 2.24) is 4.98 Å². The smallest absolute Gasteiger partial charge is 0.142 e. The van der Waals surface area contributed by atoms with E-state index in [1.807, 2.05) is 6.07 Å². The number of alkyl halides is 1. The number of rotatable bonds is 4. The van der Waals surface area contributed by atoms with Crippen molar-refractivity contribution in [3.63, 3.8) is 0 Å². The summed E-state index contributed by atoms with van der Waals surface area (Å²) in [5.41, 5.74) is 0. The number of hydrogen-bond donors (Lipinski definition) is 0. The maximum Gasteiger partial charge on any atom is 0.142 e. The van der Waals surface area contributed by atoms with E-state index in [1.54, 1.807) is 6.20 Å². The second kappa shape index (κ2) is 5.93. The summed E-state index contributed by atoms with van der Waals surface area (Å²) in [6.07, 6.45) is 1.79. The van der Waals surface area contributed by atoms with Gasteiger partial charge in [0.25, 0.3) is 0 Å². The molecule has 0 aliphatic carbocycles. The van der Waals surface area contributed by atoms with Crippen LogP contribution in [0.4, 0.5) is 5.82 Å². The molecule has 1 rings (SSSR count). The molecule has 0 fully saturated rings. The van der Waals surface area contributed by atoms with Gasteiger partial charge in [0.05, 0.1) is 4.47 Å². The Labute approximate surface area is 106 Å². The average molecular weight is 342 g/mol. The summed E-state index contributed by atoms with van der Waals surface area (Å²) in [6, 6.07) is 1.99. The summed E-state index contributed by atoms with van der Waals surface area (Å²) in [4.78, 5) is 6.47. The molecular weight excluding hydrogens is 331 g/mol. The zero-order valence-electron chi connectivity index (χ0n) is 7.80. The molecule has 0 aliphatic rings. The molecule has 0 saturated heterocycles. The van der Waals surface area contributed by atoms with Crippen LogP contribution in [0.25, 0.3) is 0 Å². The van der Waals surface area contributed by atoms with E-state index in [0.29, 0.717) is 5.88 Å². The van der Waals surface area contributed by atoms with Gasteiger partial charge in [-0.25, -0.2) is 4.98 Å². The molecule has 0 N–H and O–H groups in total. The van der Waals surface area contributed by atoms with Crippen LogP contribution in [-0.2, 0) is 0 Å². The van der Waals surface area contributed by atoms with Crippen LogP contribution in [0.15, 0.2) is 21.2 Å². The molecule has 1 aromatic rings. The molecule has 0 amide bonds. The fourth-order valence-corrected chi connectivity index (χ4v) is 2.60.